The van der Waals surface area contributed by atoms with Crippen molar-refractivity contribution in [3.05, 3.63) is 65.7 Å². The van der Waals surface area contributed by atoms with Crippen molar-refractivity contribution in [1.82, 2.24) is 5.32 Å². The maximum absolute atomic E-state index is 12.2. The molecule has 2 aliphatic heterocycles. The normalized spacial score (nSPS) is 29.0. The fourth-order valence-corrected chi connectivity index (χ4v) is 4.54. The second-order valence-corrected chi connectivity index (χ2v) is 9.52. The van der Waals surface area contributed by atoms with E-state index < -0.39 is 49.0 Å². The number of benzene rings is 2. The lowest BCUT2D eigenvalue weighted by Gasteiger charge is -2.49. The summed E-state index contributed by atoms with van der Waals surface area (Å²) in [5, 5.41) is 12.4. The van der Waals surface area contributed by atoms with Crippen molar-refractivity contribution in [3.63, 3.8) is 0 Å². The van der Waals surface area contributed by atoms with Gasteiger partial charge in [0.25, 0.3) is 0 Å². The van der Waals surface area contributed by atoms with Crippen molar-refractivity contribution in [2.45, 2.75) is 83.1 Å². The highest BCUT2D eigenvalue weighted by Crippen LogP contribution is 2.36. The molecule has 4 rings (SSSR count). The van der Waals surface area contributed by atoms with Gasteiger partial charge < -0.3 is 34.1 Å². The molecule has 2 aliphatic rings. The predicted octanol–water partition coefficient (Wildman–Crippen LogP) is 3.78. The summed E-state index contributed by atoms with van der Waals surface area (Å²) in [7, 11) is 0. The Bertz CT molecular complexity index is 1050. The highest BCUT2D eigenvalue weighted by atomic mass is 16.8. The number of rotatable bonds is 9. The molecule has 1 amide bonds. The molecule has 2 aromatic rings. The average molecular weight is 514 g/mol. The summed E-state index contributed by atoms with van der Waals surface area (Å²) in [6, 6.07) is 16.3. The molecule has 37 heavy (non-hydrogen) atoms. The molecule has 2 fully saturated rings. The highest BCUT2D eigenvalue weighted by Gasteiger charge is 2.52. The van der Waals surface area contributed by atoms with E-state index in [1.807, 2.05) is 54.6 Å². The number of hydrogen-bond acceptors (Lipinski definition) is 7. The van der Waals surface area contributed by atoms with E-state index in [9.17, 15) is 14.7 Å². The third-order valence-corrected chi connectivity index (χ3v) is 6.80. The van der Waals surface area contributed by atoms with Crippen molar-refractivity contribution in [2.24, 2.45) is 0 Å². The van der Waals surface area contributed by atoms with Crippen molar-refractivity contribution >= 4 is 11.9 Å². The van der Waals surface area contributed by atoms with Crippen LogP contribution in [0.5, 0.6) is 5.75 Å². The molecule has 0 aromatic heterocycles. The Morgan fingerprint density at radius 2 is 1.78 bits per heavy atom. The van der Waals surface area contributed by atoms with Gasteiger partial charge in [0.1, 0.15) is 30.1 Å². The zero-order valence-corrected chi connectivity index (χ0v) is 21.5. The number of fused-ring (bicyclic) bond motifs is 1. The van der Waals surface area contributed by atoms with Crippen LogP contribution in [-0.2, 0) is 28.5 Å². The first-order chi connectivity index (χ1) is 17.8. The average Bonchev–Trinajstić information content (AvgIpc) is 2.90. The lowest BCUT2D eigenvalue weighted by molar-refractivity contribution is -0.340. The molecule has 2 aromatic carbocycles. The molecule has 2 saturated heterocycles. The Balaban J connectivity index is 1.62. The Hall–Kier alpha value is -2.98. The van der Waals surface area contributed by atoms with Crippen molar-refractivity contribution in [2.75, 3.05) is 6.61 Å². The summed E-state index contributed by atoms with van der Waals surface area (Å²) in [5.41, 5.74) is 2.00. The highest BCUT2D eigenvalue weighted by molar-refractivity contribution is 5.73. The van der Waals surface area contributed by atoms with E-state index in [0.717, 1.165) is 12.0 Å². The van der Waals surface area contributed by atoms with Gasteiger partial charge in [-0.25, -0.2) is 4.79 Å². The molecule has 9 heteroatoms. The van der Waals surface area contributed by atoms with Gasteiger partial charge >= 0.3 is 5.97 Å². The van der Waals surface area contributed by atoms with Crippen LogP contribution >= 0.6 is 0 Å². The van der Waals surface area contributed by atoms with E-state index in [-0.39, 0.29) is 12.5 Å². The molecule has 0 radical (unpaired) electrons. The molecular weight excluding hydrogens is 478 g/mol. The fraction of sp³-hybridized carbons (Fsp3) is 0.500. The van der Waals surface area contributed by atoms with Gasteiger partial charge in [0.2, 0.25) is 12.2 Å². The number of carbonyl (C=O) groups excluding carboxylic acids is 1. The predicted molar refractivity (Wildman–Crippen MR) is 134 cm³/mol. The van der Waals surface area contributed by atoms with Crippen LogP contribution in [0.2, 0.25) is 0 Å². The largest absolute Gasteiger partial charge is 0.479 e. The van der Waals surface area contributed by atoms with Crippen LogP contribution in [-0.4, -0.2) is 60.3 Å². The summed E-state index contributed by atoms with van der Waals surface area (Å²) in [4.78, 5) is 23.9. The summed E-state index contributed by atoms with van der Waals surface area (Å²) in [5.74, 6) is -0.502. The third kappa shape index (κ3) is 6.48. The first kappa shape index (κ1) is 27.1. The van der Waals surface area contributed by atoms with E-state index in [0.29, 0.717) is 11.7 Å². The fourth-order valence-electron chi connectivity index (χ4n) is 4.54. The van der Waals surface area contributed by atoms with E-state index >= 15 is 0 Å². The lowest BCUT2D eigenvalue weighted by Crippen LogP contribution is -2.68. The van der Waals surface area contributed by atoms with E-state index in [1.165, 1.54) is 19.4 Å². The molecule has 200 valence electrons. The topological polar surface area (TPSA) is 113 Å². The van der Waals surface area contributed by atoms with Gasteiger partial charge in [-0.05, 0) is 37.0 Å². The summed E-state index contributed by atoms with van der Waals surface area (Å²) >= 11 is 0. The van der Waals surface area contributed by atoms with Gasteiger partial charge in [-0.15, -0.1) is 0 Å². The molecule has 0 aliphatic carbocycles. The van der Waals surface area contributed by atoms with E-state index in [1.54, 1.807) is 0 Å². The number of carbonyl (C=O) groups is 2. The van der Waals surface area contributed by atoms with Crippen LogP contribution in [0.3, 0.4) is 0 Å². The van der Waals surface area contributed by atoms with Gasteiger partial charge in [0.15, 0.2) is 12.4 Å². The standard InChI is InChI=1S/C28H35NO8/c1-5-16(2)19-11-13-21(14-12-19)35-28-23(29-18(4)30)25(34-17(3)26(31)32)24-22(36-28)15-33-27(37-24)20-9-7-6-8-10-20/h6-14,16-17,22-25,27-28H,5,15H2,1-4H3,(H,29,30)(H,31,32)/t16-,17-,22-,23+,24-,25-,27-,28-/m0/s1. The molecule has 0 saturated carbocycles. The smallest absolute Gasteiger partial charge is 0.332 e. The second-order valence-electron chi connectivity index (χ2n) is 9.52. The van der Waals surface area contributed by atoms with Crippen LogP contribution in [0.25, 0.3) is 0 Å². The van der Waals surface area contributed by atoms with Gasteiger partial charge in [-0.2, -0.15) is 0 Å². The van der Waals surface area contributed by atoms with Crippen LogP contribution in [0.4, 0.5) is 0 Å². The van der Waals surface area contributed by atoms with E-state index in [4.69, 9.17) is 23.7 Å². The summed E-state index contributed by atoms with van der Waals surface area (Å²) < 4.78 is 30.6. The number of nitrogens with one attached hydrogen (secondary N) is 1. The molecule has 9 nitrogen and oxygen atoms in total. The molecular formula is C28H35NO8. The third-order valence-electron chi connectivity index (χ3n) is 6.80. The van der Waals surface area contributed by atoms with Gasteiger partial charge in [-0.1, -0.05) is 56.3 Å². The van der Waals surface area contributed by atoms with Crippen molar-refractivity contribution in [3.8, 4) is 5.75 Å². The van der Waals surface area contributed by atoms with Crippen molar-refractivity contribution < 1.29 is 38.4 Å². The number of aliphatic carboxylic acids is 1. The number of amides is 1. The van der Waals surface area contributed by atoms with E-state index in [2.05, 4.69) is 19.2 Å². The zero-order valence-electron chi connectivity index (χ0n) is 21.5. The number of ether oxygens (including phenoxy) is 5. The molecule has 2 N–H and O–H groups in total. The first-order valence-corrected chi connectivity index (χ1v) is 12.7. The number of carboxylic acids is 1. The van der Waals surface area contributed by atoms with Crippen LogP contribution in [0.1, 0.15) is 57.5 Å². The minimum atomic E-state index is -1.16. The Kier molecular flexibility index (Phi) is 8.81. The van der Waals surface area contributed by atoms with Crippen molar-refractivity contribution in [1.29, 1.82) is 0 Å². The van der Waals surface area contributed by atoms with Crippen LogP contribution in [0.15, 0.2) is 54.6 Å². The van der Waals surface area contributed by atoms with Crippen LogP contribution in [0, 0.1) is 0 Å². The minimum Gasteiger partial charge on any atom is -0.479 e. The Labute approximate surface area is 217 Å². The minimum absolute atomic E-state index is 0.172. The quantitative estimate of drug-likeness (QED) is 0.521. The Morgan fingerprint density at radius 3 is 2.41 bits per heavy atom. The second kappa shape index (κ2) is 12.0. The van der Waals surface area contributed by atoms with Gasteiger partial charge in [-0.3, -0.25) is 4.79 Å². The molecule has 8 atom stereocenters. The SMILES string of the molecule is CC[C@H](C)c1ccc(O[C@H]2O[C@H]3CO[C@H](c4ccccc4)O[C@@H]3[C@@H](O[C@@H](C)C(=O)O)[C@H]2NC(C)=O)cc1. The molecule has 0 unspecified atom stereocenters. The summed E-state index contributed by atoms with van der Waals surface area (Å²) in [6.07, 6.45) is -4.01. The maximum atomic E-state index is 12.2. The zero-order chi connectivity index (χ0) is 26.5. The van der Waals surface area contributed by atoms with Gasteiger partial charge in [0, 0.05) is 12.5 Å². The number of carboxylic acid groups (broad SMARTS) is 1. The first-order valence-electron chi connectivity index (χ1n) is 12.7. The number of hydrogen-bond donors (Lipinski definition) is 2. The Morgan fingerprint density at radius 1 is 1.08 bits per heavy atom. The molecule has 0 bridgehead atoms. The molecule has 2 heterocycles. The monoisotopic (exact) mass is 513 g/mol. The summed E-state index contributed by atoms with van der Waals surface area (Å²) in [6.45, 7) is 7.28. The molecule has 0 spiro atoms. The van der Waals surface area contributed by atoms with Crippen LogP contribution < -0.4 is 10.1 Å². The van der Waals surface area contributed by atoms with Gasteiger partial charge in [0.05, 0.1) is 6.61 Å². The lowest BCUT2D eigenvalue weighted by atomic mass is 9.95. The maximum Gasteiger partial charge on any atom is 0.332 e.